The predicted molar refractivity (Wildman–Crippen MR) is 76.8 cm³/mol. The molecule has 1 saturated heterocycles. The lowest BCUT2D eigenvalue weighted by Crippen LogP contribution is -2.37. The van der Waals surface area contributed by atoms with Crippen LogP contribution in [0.1, 0.15) is 23.2 Å². The monoisotopic (exact) mass is 333 g/mol. The van der Waals surface area contributed by atoms with Crippen LogP contribution in [0.15, 0.2) is 23.1 Å². The summed E-state index contributed by atoms with van der Waals surface area (Å²) in [4.78, 5) is 11.4. The summed E-state index contributed by atoms with van der Waals surface area (Å²) in [6, 6.07) is 3.51. The van der Waals surface area contributed by atoms with E-state index in [4.69, 9.17) is 11.6 Å². The molecule has 8 heteroatoms. The zero-order chi connectivity index (χ0) is 15.6. The zero-order valence-corrected chi connectivity index (χ0v) is 13.0. The van der Waals surface area contributed by atoms with Crippen molar-refractivity contribution in [3.05, 3.63) is 28.8 Å². The SMILES string of the molecule is COC(=O)c1ccc(Cl)c(S(=O)(=O)N2CCCC2CO)c1. The average molecular weight is 334 g/mol. The van der Waals surface area contributed by atoms with Crippen LogP contribution >= 0.6 is 11.6 Å². The number of esters is 1. The molecule has 1 unspecified atom stereocenters. The number of sulfonamides is 1. The van der Waals surface area contributed by atoms with E-state index >= 15 is 0 Å². The van der Waals surface area contributed by atoms with Gasteiger partial charge in [0, 0.05) is 12.6 Å². The van der Waals surface area contributed by atoms with Gasteiger partial charge in [-0.25, -0.2) is 13.2 Å². The Morgan fingerprint density at radius 1 is 1.52 bits per heavy atom. The van der Waals surface area contributed by atoms with Crippen LogP contribution in [0.5, 0.6) is 0 Å². The number of benzene rings is 1. The van der Waals surface area contributed by atoms with Crippen molar-refractivity contribution in [1.82, 2.24) is 4.31 Å². The Bertz CT molecular complexity index is 646. The molecule has 1 N–H and O–H groups in total. The lowest BCUT2D eigenvalue weighted by molar-refractivity contribution is 0.0600. The molecule has 0 radical (unpaired) electrons. The van der Waals surface area contributed by atoms with Gasteiger partial charge in [-0.15, -0.1) is 0 Å². The first-order valence-electron chi connectivity index (χ1n) is 6.42. The highest BCUT2D eigenvalue weighted by molar-refractivity contribution is 7.89. The van der Waals surface area contributed by atoms with E-state index in [1.807, 2.05) is 0 Å². The van der Waals surface area contributed by atoms with Crippen molar-refractivity contribution in [3.8, 4) is 0 Å². The minimum absolute atomic E-state index is 0.0336. The number of carbonyl (C=O) groups is 1. The number of aliphatic hydroxyl groups is 1. The van der Waals surface area contributed by atoms with Gasteiger partial charge in [0.25, 0.3) is 0 Å². The van der Waals surface area contributed by atoms with Crippen LogP contribution in [0, 0.1) is 0 Å². The number of ether oxygens (including phenoxy) is 1. The van der Waals surface area contributed by atoms with Gasteiger partial charge in [0.15, 0.2) is 0 Å². The van der Waals surface area contributed by atoms with E-state index < -0.39 is 22.0 Å². The number of methoxy groups -OCH3 is 1. The van der Waals surface area contributed by atoms with Crippen molar-refractivity contribution in [1.29, 1.82) is 0 Å². The minimum atomic E-state index is -3.86. The minimum Gasteiger partial charge on any atom is -0.465 e. The van der Waals surface area contributed by atoms with Gasteiger partial charge in [-0.2, -0.15) is 4.31 Å². The number of nitrogens with zero attached hydrogens (tertiary/aromatic N) is 1. The van der Waals surface area contributed by atoms with E-state index in [2.05, 4.69) is 4.74 Å². The molecule has 116 valence electrons. The maximum Gasteiger partial charge on any atom is 0.337 e. The number of hydrogen-bond donors (Lipinski definition) is 1. The van der Waals surface area contributed by atoms with E-state index in [0.29, 0.717) is 19.4 Å². The molecule has 1 fully saturated rings. The molecule has 0 saturated carbocycles. The fraction of sp³-hybridized carbons (Fsp3) is 0.462. The number of rotatable bonds is 4. The van der Waals surface area contributed by atoms with Crippen molar-refractivity contribution < 1.29 is 23.1 Å². The molecule has 1 atom stereocenters. The predicted octanol–water partition coefficient (Wildman–Crippen LogP) is 1.27. The number of carbonyl (C=O) groups excluding carboxylic acids is 1. The number of halogens is 1. The molecule has 0 spiro atoms. The van der Waals surface area contributed by atoms with Crippen LogP contribution < -0.4 is 0 Å². The van der Waals surface area contributed by atoms with E-state index in [-0.39, 0.29) is 22.1 Å². The van der Waals surface area contributed by atoms with Gasteiger partial charge in [-0.05, 0) is 31.0 Å². The van der Waals surface area contributed by atoms with E-state index in [1.165, 1.54) is 29.6 Å². The van der Waals surface area contributed by atoms with E-state index in [0.717, 1.165) is 0 Å². The second-order valence-electron chi connectivity index (χ2n) is 4.73. The Morgan fingerprint density at radius 3 is 2.86 bits per heavy atom. The van der Waals surface area contributed by atoms with Gasteiger partial charge in [-0.1, -0.05) is 11.6 Å². The van der Waals surface area contributed by atoms with Crippen molar-refractivity contribution in [2.45, 2.75) is 23.8 Å². The topological polar surface area (TPSA) is 83.9 Å². The molecule has 0 aromatic heterocycles. The summed E-state index contributed by atoms with van der Waals surface area (Å²) in [5, 5.41) is 9.32. The molecule has 0 amide bonds. The smallest absolute Gasteiger partial charge is 0.337 e. The summed E-state index contributed by atoms with van der Waals surface area (Å²) in [6.45, 7) is 0.0832. The average Bonchev–Trinajstić information content (AvgIpc) is 2.96. The molecule has 6 nitrogen and oxygen atoms in total. The van der Waals surface area contributed by atoms with Gasteiger partial charge >= 0.3 is 5.97 Å². The van der Waals surface area contributed by atoms with Crippen molar-refractivity contribution in [3.63, 3.8) is 0 Å². The highest BCUT2D eigenvalue weighted by Gasteiger charge is 2.36. The van der Waals surface area contributed by atoms with Crippen molar-refractivity contribution >= 4 is 27.6 Å². The molecular formula is C13H16ClNO5S. The first kappa shape index (κ1) is 16.2. The van der Waals surface area contributed by atoms with Crippen LogP contribution in [0.25, 0.3) is 0 Å². The normalized spacial score (nSPS) is 19.7. The fourth-order valence-corrected chi connectivity index (χ4v) is 4.57. The quantitative estimate of drug-likeness (QED) is 0.839. The van der Waals surface area contributed by atoms with E-state index in [9.17, 15) is 18.3 Å². The summed E-state index contributed by atoms with van der Waals surface area (Å²) < 4.78 is 31.1. The second kappa shape index (κ2) is 6.31. The van der Waals surface area contributed by atoms with Crippen LogP contribution in [0.4, 0.5) is 0 Å². The zero-order valence-electron chi connectivity index (χ0n) is 11.5. The molecule has 0 bridgehead atoms. The van der Waals surface area contributed by atoms with Crippen molar-refractivity contribution in [2.75, 3.05) is 20.3 Å². The van der Waals surface area contributed by atoms with Crippen LogP contribution in [0.2, 0.25) is 5.02 Å². The van der Waals surface area contributed by atoms with Gasteiger partial charge < -0.3 is 9.84 Å². The summed E-state index contributed by atoms with van der Waals surface area (Å²) in [5.74, 6) is -0.636. The van der Waals surface area contributed by atoms with Gasteiger partial charge in [-0.3, -0.25) is 0 Å². The van der Waals surface area contributed by atoms with Gasteiger partial charge in [0.05, 0.1) is 24.3 Å². The lowest BCUT2D eigenvalue weighted by Gasteiger charge is -2.23. The Balaban J connectivity index is 2.46. The molecule has 2 rings (SSSR count). The third-order valence-corrected chi connectivity index (χ3v) is 5.91. The first-order chi connectivity index (χ1) is 9.91. The van der Waals surface area contributed by atoms with Gasteiger partial charge in [0.2, 0.25) is 10.0 Å². The first-order valence-corrected chi connectivity index (χ1v) is 8.24. The summed E-state index contributed by atoms with van der Waals surface area (Å²) >= 11 is 5.98. The highest BCUT2D eigenvalue weighted by atomic mass is 35.5. The third kappa shape index (κ3) is 3.06. The Labute approximate surface area is 128 Å². The fourth-order valence-electron chi connectivity index (χ4n) is 2.38. The molecule has 1 aromatic carbocycles. The Kier molecular flexibility index (Phi) is 4.88. The molecule has 1 aliphatic rings. The molecule has 1 aliphatic heterocycles. The summed E-state index contributed by atoms with van der Waals surface area (Å²) in [7, 11) is -2.65. The summed E-state index contributed by atoms with van der Waals surface area (Å²) in [6.07, 6.45) is 1.28. The van der Waals surface area contributed by atoms with Crippen LogP contribution in [-0.2, 0) is 14.8 Å². The maximum absolute atomic E-state index is 12.7. The molecule has 1 heterocycles. The molecule has 21 heavy (non-hydrogen) atoms. The second-order valence-corrected chi connectivity index (χ2v) is 7.00. The largest absolute Gasteiger partial charge is 0.465 e. The standard InChI is InChI=1S/C13H16ClNO5S/c1-20-13(17)9-4-5-11(14)12(7-9)21(18,19)15-6-2-3-10(15)8-16/h4-5,7,10,16H,2-3,6,8H2,1H3. The number of aliphatic hydroxyl groups excluding tert-OH is 1. The lowest BCUT2D eigenvalue weighted by atomic mass is 10.2. The molecule has 1 aromatic rings. The van der Waals surface area contributed by atoms with Crippen LogP contribution in [0.3, 0.4) is 0 Å². The Morgan fingerprint density at radius 2 is 2.24 bits per heavy atom. The molecular weight excluding hydrogens is 318 g/mol. The maximum atomic E-state index is 12.7. The van der Waals surface area contributed by atoms with Gasteiger partial charge in [0.1, 0.15) is 4.90 Å². The molecule has 0 aliphatic carbocycles. The highest BCUT2D eigenvalue weighted by Crippen LogP contribution is 2.30. The Hall–Kier alpha value is -1.15. The third-order valence-electron chi connectivity index (χ3n) is 3.47. The summed E-state index contributed by atoms with van der Waals surface area (Å²) in [5.41, 5.74) is 0.111. The number of hydrogen-bond acceptors (Lipinski definition) is 5. The van der Waals surface area contributed by atoms with Crippen molar-refractivity contribution in [2.24, 2.45) is 0 Å². The van der Waals surface area contributed by atoms with E-state index in [1.54, 1.807) is 0 Å². The van der Waals surface area contributed by atoms with Crippen LogP contribution in [-0.4, -0.2) is 50.1 Å².